The third kappa shape index (κ3) is 2.75. The highest BCUT2D eigenvalue weighted by molar-refractivity contribution is 5.70. The zero-order valence-electron chi connectivity index (χ0n) is 13.4. The van der Waals surface area contributed by atoms with Crippen LogP contribution in [0, 0.1) is 0 Å². The lowest BCUT2D eigenvalue weighted by Gasteiger charge is -2.14. The molecule has 0 unspecified atom stereocenters. The van der Waals surface area contributed by atoms with Gasteiger partial charge in [0, 0.05) is 0 Å². The zero-order valence-corrected chi connectivity index (χ0v) is 13.4. The Balaban J connectivity index is 1.99. The fourth-order valence-corrected chi connectivity index (χ4v) is 3.17. The average Bonchev–Trinajstić information content (AvgIpc) is 3.08. The van der Waals surface area contributed by atoms with Crippen LogP contribution in [0.15, 0.2) is 143 Å². The molecule has 0 saturated heterocycles. The molecule has 0 heteroatoms. The zero-order chi connectivity index (χ0) is 16.2. The van der Waals surface area contributed by atoms with Crippen molar-refractivity contribution < 1.29 is 0 Å². The van der Waals surface area contributed by atoms with Gasteiger partial charge in [-0.15, -0.1) is 0 Å². The predicted molar refractivity (Wildman–Crippen MR) is 103 cm³/mol. The quantitative estimate of drug-likeness (QED) is 0.562. The minimum absolute atomic E-state index is 1.24. The highest BCUT2D eigenvalue weighted by atomic mass is 14.2. The molecule has 0 radical (unpaired) electrons. The van der Waals surface area contributed by atoms with Crippen molar-refractivity contribution >= 4 is 0 Å². The maximum absolute atomic E-state index is 2.21. The van der Waals surface area contributed by atoms with E-state index in [4.69, 9.17) is 0 Å². The van der Waals surface area contributed by atoms with Gasteiger partial charge in [-0.2, -0.15) is 0 Å². The van der Waals surface area contributed by atoms with Gasteiger partial charge in [0.25, 0.3) is 0 Å². The molecule has 0 spiro atoms. The molecule has 0 heterocycles. The van der Waals surface area contributed by atoms with Crippen molar-refractivity contribution in [2.24, 2.45) is 0 Å². The molecule has 0 bridgehead atoms. The highest BCUT2D eigenvalue weighted by Gasteiger charge is 2.16. The van der Waals surface area contributed by atoms with Crippen LogP contribution < -0.4 is 0 Å². The Labute approximate surface area is 143 Å². The number of allylic oxidation sites excluding steroid dienone is 24. The van der Waals surface area contributed by atoms with Crippen molar-refractivity contribution in [2.45, 2.75) is 0 Å². The Morgan fingerprint density at radius 3 is 1.17 bits per heavy atom. The van der Waals surface area contributed by atoms with Crippen molar-refractivity contribution in [3.05, 3.63) is 143 Å². The summed E-state index contributed by atoms with van der Waals surface area (Å²) in [5.74, 6) is 0. The molecule has 0 aromatic heterocycles. The van der Waals surface area contributed by atoms with Crippen LogP contribution in [0.25, 0.3) is 0 Å². The van der Waals surface area contributed by atoms with Crippen LogP contribution in [-0.4, -0.2) is 0 Å². The van der Waals surface area contributed by atoms with Crippen molar-refractivity contribution in [2.75, 3.05) is 0 Å². The van der Waals surface area contributed by atoms with E-state index in [2.05, 4.69) is 109 Å². The van der Waals surface area contributed by atoms with E-state index in [1.165, 1.54) is 33.4 Å². The lowest BCUT2D eigenvalue weighted by atomic mass is 9.89. The van der Waals surface area contributed by atoms with Gasteiger partial charge in [0.05, 0.1) is 0 Å². The summed E-state index contributed by atoms with van der Waals surface area (Å²) in [4.78, 5) is 0. The Hall–Kier alpha value is -3.12. The number of hydrogen-bond donors (Lipinski definition) is 0. The van der Waals surface area contributed by atoms with Gasteiger partial charge in [0.1, 0.15) is 0 Å². The summed E-state index contributed by atoms with van der Waals surface area (Å²) < 4.78 is 0. The fraction of sp³-hybridized carbons (Fsp3) is 0. The van der Waals surface area contributed by atoms with Gasteiger partial charge in [0.2, 0.25) is 0 Å². The van der Waals surface area contributed by atoms with Crippen LogP contribution in [0.4, 0.5) is 0 Å². The SMILES string of the molecule is C1=CC=C2C=CC=CC(C3=C4C=CC=CC=C4C=CC=C3)=C2C=C1. The van der Waals surface area contributed by atoms with E-state index in [0.29, 0.717) is 0 Å². The van der Waals surface area contributed by atoms with Gasteiger partial charge in [-0.05, 0) is 33.4 Å². The highest BCUT2D eigenvalue weighted by Crippen LogP contribution is 2.34. The maximum atomic E-state index is 2.21. The normalized spacial score (nSPS) is 21.0. The van der Waals surface area contributed by atoms with Gasteiger partial charge < -0.3 is 0 Å². The molecule has 0 aliphatic heterocycles. The van der Waals surface area contributed by atoms with Crippen LogP contribution in [0.1, 0.15) is 0 Å². The second-order valence-corrected chi connectivity index (χ2v) is 5.82. The van der Waals surface area contributed by atoms with Crippen molar-refractivity contribution in [1.82, 2.24) is 0 Å². The van der Waals surface area contributed by atoms with E-state index >= 15 is 0 Å². The molecule has 0 aromatic carbocycles. The van der Waals surface area contributed by atoms with Gasteiger partial charge in [-0.1, -0.05) is 109 Å². The molecule has 0 fully saturated rings. The molecule has 4 aliphatic carbocycles. The number of hydrogen-bond acceptors (Lipinski definition) is 0. The van der Waals surface area contributed by atoms with Crippen LogP contribution in [0.3, 0.4) is 0 Å². The maximum Gasteiger partial charge on any atom is -0.00992 e. The summed E-state index contributed by atoms with van der Waals surface area (Å²) in [5.41, 5.74) is 7.48. The first kappa shape index (κ1) is 14.5. The third-order valence-corrected chi connectivity index (χ3v) is 4.31. The smallest absolute Gasteiger partial charge is 0.00992 e. The van der Waals surface area contributed by atoms with Gasteiger partial charge >= 0.3 is 0 Å². The van der Waals surface area contributed by atoms with E-state index < -0.39 is 0 Å². The van der Waals surface area contributed by atoms with Crippen LogP contribution in [0.5, 0.6) is 0 Å². The van der Waals surface area contributed by atoms with Crippen molar-refractivity contribution in [1.29, 1.82) is 0 Å². The average molecular weight is 306 g/mol. The van der Waals surface area contributed by atoms with Crippen molar-refractivity contribution in [3.8, 4) is 0 Å². The van der Waals surface area contributed by atoms with E-state index in [1.807, 2.05) is 0 Å². The Kier molecular flexibility index (Phi) is 3.95. The minimum atomic E-state index is 1.24. The van der Waals surface area contributed by atoms with E-state index in [9.17, 15) is 0 Å². The van der Waals surface area contributed by atoms with E-state index in [1.54, 1.807) is 0 Å². The third-order valence-electron chi connectivity index (χ3n) is 4.31. The lowest BCUT2D eigenvalue weighted by Crippen LogP contribution is -1.97. The molecule has 0 N–H and O–H groups in total. The summed E-state index contributed by atoms with van der Waals surface area (Å²) in [6, 6.07) is 0. The second-order valence-electron chi connectivity index (χ2n) is 5.82. The summed E-state index contributed by atoms with van der Waals surface area (Å²) in [5, 5.41) is 0. The molecular weight excluding hydrogens is 288 g/mol. The number of rotatable bonds is 1. The lowest BCUT2D eigenvalue weighted by molar-refractivity contribution is 1.39. The summed E-state index contributed by atoms with van der Waals surface area (Å²) >= 11 is 0. The Bertz CT molecular complexity index is 843. The van der Waals surface area contributed by atoms with Gasteiger partial charge in [-0.25, -0.2) is 0 Å². The summed E-state index contributed by atoms with van der Waals surface area (Å²) in [6.07, 6.45) is 38.5. The van der Waals surface area contributed by atoms with E-state index in [0.717, 1.165) is 0 Å². The monoisotopic (exact) mass is 306 g/mol. The minimum Gasteiger partial charge on any atom is -0.0622 e. The Morgan fingerprint density at radius 1 is 0.292 bits per heavy atom. The van der Waals surface area contributed by atoms with Crippen LogP contribution in [0.2, 0.25) is 0 Å². The molecule has 24 heavy (non-hydrogen) atoms. The van der Waals surface area contributed by atoms with Gasteiger partial charge in [-0.3, -0.25) is 0 Å². The number of fused-ring (bicyclic) bond motifs is 2. The Morgan fingerprint density at radius 2 is 0.667 bits per heavy atom. The first-order valence-corrected chi connectivity index (χ1v) is 8.23. The molecule has 0 aromatic rings. The summed E-state index contributed by atoms with van der Waals surface area (Å²) in [7, 11) is 0. The largest absolute Gasteiger partial charge is 0.0622 e. The predicted octanol–water partition coefficient (Wildman–Crippen LogP) is 5.94. The molecule has 4 rings (SSSR count). The fourth-order valence-electron chi connectivity index (χ4n) is 3.17. The molecule has 114 valence electrons. The first-order chi connectivity index (χ1) is 11.9. The second kappa shape index (κ2) is 6.55. The van der Waals surface area contributed by atoms with Crippen LogP contribution in [-0.2, 0) is 0 Å². The molecule has 0 amide bonds. The summed E-state index contributed by atoms with van der Waals surface area (Å²) in [6.45, 7) is 0. The molecule has 0 nitrogen and oxygen atoms in total. The van der Waals surface area contributed by atoms with Crippen molar-refractivity contribution in [3.63, 3.8) is 0 Å². The molecule has 0 atom stereocenters. The topological polar surface area (TPSA) is 0 Å². The molecule has 0 saturated carbocycles. The molecular formula is C24H18. The first-order valence-electron chi connectivity index (χ1n) is 8.23. The van der Waals surface area contributed by atoms with Crippen LogP contribution >= 0.6 is 0 Å². The standard InChI is InChI=1S/C24H18/c1-3-11-19-13-7-9-17-23(21(19)15-5-1)24-18-10-8-14-20-12-4-2-6-16-22(20)24/h1-18H. The molecule has 4 aliphatic rings. The van der Waals surface area contributed by atoms with E-state index in [-0.39, 0.29) is 0 Å². The van der Waals surface area contributed by atoms with Gasteiger partial charge in [0.15, 0.2) is 0 Å².